The molecule has 0 amide bonds. The van der Waals surface area contributed by atoms with Crippen LogP contribution in [0.4, 0.5) is 0 Å². The van der Waals surface area contributed by atoms with Gasteiger partial charge in [0.15, 0.2) is 0 Å². The van der Waals surface area contributed by atoms with E-state index in [1.54, 1.807) is 0 Å². The molecule has 1 N–H and O–H groups in total. The SMILES string of the molecule is CC1(C)NC2=C(C=CCC2)N1C1=CC=CCC1. The van der Waals surface area contributed by atoms with Crippen LogP contribution in [-0.4, -0.2) is 10.6 Å². The number of nitrogens with zero attached hydrogens (tertiary/aromatic N) is 1. The van der Waals surface area contributed by atoms with Gasteiger partial charge in [0, 0.05) is 11.4 Å². The minimum atomic E-state index is 0.0103. The summed E-state index contributed by atoms with van der Waals surface area (Å²) < 4.78 is 0. The molecule has 0 aromatic rings. The van der Waals surface area contributed by atoms with E-state index in [1.807, 2.05) is 0 Å². The lowest BCUT2D eigenvalue weighted by atomic mass is 10.0. The third-order valence-electron chi connectivity index (χ3n) is 3.68. The van der Waals surface area contributed by atoms with Gasteiger partial charge in [-0.05, 0) is 51.7 Å². The number of rotatable bonds is 1. The lowest BCUT2D eigenvalue weighted by molar-refractivity contribution is 0.213. The molecule has 17 heavy (non-hydrogen) atoms. The molecule has 0 fully saturated rings. The van der Waals surface area contributed by atoms with Gasteiger partial charge >= 0.3 is 0 Å². The molecule has 3 rings (SSSR count). The summed E-state index contributed by atoms with van der Waals surface area (Å²) in [6, 6.07) is 0. The smallest absolute Gasteiger partial charge is 0.109 e. The molecule has 0 saturated heterocycles. The van der Waals surface area contributed by atoms with Gasteiger partial charge in [-0.25, -0.2) is 0 Å². The van der Waals surface area contributed by atoms with Crippen molar-refractivity contribution in [3.8, 4) is 0 Å². The molecule has 3 aliphatic rings. The van der Waals surface area contributed by atoms with E-state index in [4.69, 9.17) is 0 Å². The van der Waals surface area contributed by atoms with Crippen molar-refractivity contribution >= 4 is 0 Å². The normalized spacial score (nSPS) is 25.8. The Labute approximate surface area is 103 Å². The van der Waals surface area contributed by atoms with Gasteiger partial charge in [-0.3, -0.25) is 0 Å². The zero-order valence-electron chi connectivity index (χ0n) is 10.7. The van der Waals surface area contributed by atoms with E-state index in [0.29, 0.717) is 0 Å². The van der Waals surface area contributed by atoms with Crippen LogP contribution in [0.3, 0.4) is 0 Å². The van der Waals surface area contributed by atoms with E-state index in [0.717, 1.165) is 25.7 Å². The zero-order valence-corrected chi connectivity index (χ0v) is 10.7. The van der Waals surface area contributed by atoms with Gasteiger partial charge in [-0.1, -0.05) is 18.2 Å². The van der Waals surface area contributed by atoms with Crippen LogP contribution in [-0.2, 0) is 0 Å². The molecule has 0 aromatic carbocycles. The first-order valence-corrected chi connectivity index (χ1v) is 6.52. The second kappa shape index (κ2) is 3.80. The van der Waals surface area contributed by atoms with Gasteiger partial charge in [0.1, 0.15) is 5.66 Å². The van der Waals surface area contributed by atoms with Gasteiger partial charge in [0.05, 0.1) is 5.70 Å². The van der Waals surface area contributed by atoms with Crippen molar-refractivity contribution in [1.29, 1.82) is 0 Å². The Hall–Kier alpha value is -1.44. The van der Waals surface area contributed by atoms with E-state index in [2.05, 4.69) is 54.4 Å². The summed E-state index contributed by atoms with van der Waals surface area (Å²) in [5.41, 5.74) is 4.23. The molecule has 90 valence electrons. The van der Waals surface area contributed by atoms with Gasteiger partial charge in [0.2, 0.25) is 0 Å². The third-order valence-corrected chi connectivity index (χ3v) is 3.68. The van der Waals surface area contributed by atoms with Crippen LogP contribution in [0.25, 0.3) is 0 Å². The second-order valence-corrected chi connectivity index (χ2v) is 5.45. The quantitative estimate of drug-likeness (QED) is 0.739. The average Bonchev–Trinajstić information content (AvgIpc) is 2.60. The molecule has 0 bridgehead atoms. The fraction of sp³-hybridized carbons (Fsp3) is 0.467. The lowest BCUT2D eigenvalue weighted by Gasteiger charge is -2.37. The molecule has 0 spiro atoms. The lowest BCUT2D eigenvalue weighted by Crippen LogP contribution is -2.46. The molecular weight excluding hydrogens is 208 g/mol. The molecule has 0 radical (unpaired) electrons. The minimum absolute atomic E-state index is 0.0103. The molecule has 0 aromatic heterocycles. The van der Waals surface area contributed by atoms with Gasteiger partial charge in [-0.15, -0.1) is 0 Å². The first-order chi connectivity index (χ1) is 8.18. The van der Waals surface area contributed by atoms with Crippen LogP contribution in [0, 0.1) is 0 Å². The number of nitrogens with one attached hydrogen (secondary N) is 1. The van der Waals surface area contributed by atoms with Crippen LogP contribution in [0.1, 0.15) is 39.5 Å². The molecule has 2 nitrogen and oxygen atoms in total. The predicted octanol–water partition coefficient (Wildman–Crippen LogP) is 3.42. The number of hydrogen-bond donors (Lipinski definition) is 1. The molecule has 0 unspecified atom stereocenters. The highest BCUT2D eigenvalue weighted by Crippen LogP contribution is 2.38. The Balaban J connectivity index is 2.00. The van der Waals surface area contributed by atoms with Gasteiger partial charge in [-0.2, -0.15) is 0 Å². The van der Waals surface area contributed by atoms with Gasteiger partial charge in [0.25, 0.3) is 0 Å². The monoisotopic (exact) mass is 228 g/mol. The Bertz CT molecular complexity index is 450. The summed E-state index contributed by atoms with van der Waals surface area (Å²) in [5, 5.41) is 3.67. The standard InChI is InChI=1S/C15H20N2/c1-15(2)16-13-10-6-7-11-14(13)17(15)12-8-4-3-5-9-12/h3-4,7-8,11,16H,5-6,9-10H2,1-2H3. The molecule has 0 atom stereocenters. The van der Waals surface area contributed by atoms with Crippen molar-refractivity contribution in [3.05, 3.63) is 47.5 Å². The predicted molar refractivity (Wildman–Crippen MR) is 70.9 cm³/mol. The maximum atomic E-state index is 3.67. The summed E-state index contributed by atoms with van der Waals surface area (Å²) in [6.45, 7) is 4.52. The zero-order chi connectivity index (χ0) is 11.9. The Morgan fingerprint density at radius 1 is 1.18 bits per heavy atom. The van der Waals surface area contributed by atoms with E-state index in [1.165, 1.54) is 17.1 Å². The first kappa shape index (κ1) is 10.7. The van der Waals surface area contributed by atoms with Crippen LogP contribution in [0.5, 0.6) is 0 Å². The van der Waals surface area contributed by atoms with Crippen LogP contribution >= 0.6 is 0 Å². The second-order valence-electron chi connectivity index (χ2n) is 5.45. The molecule has 1 heterocycles. The molecule has 0 saturated carbocycles. The molecule has 2 aliphatic carbocycles. The maximum Gasteiger partial charge on any atom is 0.109 e. The summed E-state index contributed by atoms with van der Waals surface area (Å²) in [4.78, 5) is 2.47. The summed E-state index contributed by atoms with van der Waals surface area (Å²) in [7, 11) is 0. The van der Waals surface area contributed by atoms with Crippen LogP contribution < -0.4 is 5.32 Å². The van der Waals surface area contributed by atoms with Crippen molar-refractivity contribution in [2.75, 3.05) is 0 Å². The van der Waals surface area contributed by atoms with Crippen molar-refractivity contribution in [2.24, 2.45) is 0 Å². The highest BCUT2D eigenvalue weighted by atomic mass is 15.4. The van der Waals surface area contributed by atoms with E-state index >= 15 is 0 Å². The Kier molecular flexibility index (Phi) is 2.39. The fourth-order valence-corrected chi connectivity index (χ4v) is 3.00. The van der Waals surface area contributed by atoms with Crippen molar-refractivity contribution < 1.29 is 0 Å². The third kappa shape index (κ3) is 1.72. The molecular formula is C15H20N2. The van der Waals surface area contributed by atoms with Crippen molar-refractivity contribution in [2.45, 2.75) is 45.2 Å². The number of hydrogen-bond acceptors (Lipinski definition) is 2. The Morgan fingerprint density at radius 3 is 2.76 bits per heavy atom. The van der Waals surface area contributed by atoms with Crippen molar-refractivity contribution in [3.63, 3.8) is 0 Å². The minimum Gasteiger partial charge on any atom is -0.365 e. The summed E-state index contributed by atoms with van der Waals surface area (Å²) in [6.07, 6.45) is 15.9. The van der Waals surface area contributed by atoms with Crippen LogP contribution in [0.2, 0.25) is 0 Å². The van der Waals surface area contributed by atoms with Crippen LogP contribution in [0.15, 0.2) is 47.5 Å². The highest BCUT2D eigenvalue weighted by Gasteiger charge is 2.38. The largest absolute Gasteiger partial charge is 0.365 e. The average molecular weight is 228 g/mol. The molecule has 1 aliphatic heterocycles. The van der Waals surface area contributed by atoms with Gasteiger partial charge < -0.3 is 10.2 Å². The van der Waals surface area contributed by atoms with Crippen molar-refractivity contribution in [1.82, 2.24) is 10.2 Å². The maximum absolute atomic E-state index is 3.67. The topological polar surface area (TPSA) is 15.3 Å². The molecule has 2 heteroatoms. The summed E-state index contributed by atoms with van der Waals surface area (Å²) in [5.74, 6) is 0. The highest BCUT2D eigenvalue weighted by molar-refractivity contribution is 5.39. The Morgan fingerprint density at radius 2 is 2.00 bits per heavy atom. The summed E-state index contributed by atoms with van der Waals surface area (Å²) >= 11 is 0. The fourth-order valence-electron chi connectivity index (χ4n) is 3.00. The number of allylic oxidation sites excluding steroid dienone is 7. The van der Waals surface area contributed by atoms with E-state index in [9.17, 15) is 0 Å². The van der Waals surface area contributed by atoms with E-state index < -0.39 is 0 Å². The van der Waals surface area contributed by atoms with E-state index in [-0.39, 0.29) is 5.66 Å². The first-order valence-electron chi connectivity index (χ1n) is 6.52.